The quantitative estimate of drug-likeness (QED) is 0.627. The van der Waals surface area contributed by atoms with Gasteiger partial charge in [0.05, 0.1) is 10.6 Å². The zero-order valence-corrected chi connectivity index (χ0v) is 10.8. The van der Waals surface area contributed by atoms with Gasteiger partial charge in [0.15, 0.2) is 0 Å². The molecule has 0 aliphatic carbocycles. The van der Waals surface area contributed by atoms with Gasteiger partial charge >= 0.3 is 0 Å². The van der Waals surface area contributed by atoms with Crippen LogP contribution in [-0.2, 0) is 0 Å². The fourth-order valence-corrected chi connectivity index (χ4v) is 1.54. The standard InChI is InChI=1S/C13H10N4O3/c1-8-9(2)15-16-13(12(8)7-14)20-11-5-3-10(4-6-11)17(18)19/h3-6H,1-2H3. The molecule has 7 heteroatoms. The van der Waals surface area contributed by atoms with Crippen LogP contribution in [0.1, 0.15) is 16.8 Å². The highest BCUT2D eigenvalue weighted by molar-refractivity contribution is 5.47. The summed E-state index contributed by atoms with van der Waals surface area (Å²) in [5, 5.41) is 27.4. The van der Waals surface area contributed by atoms with Crippen LogP contribution in [0, 0.1) is 35.3 Å². The normalized spacial score (nSPS) is 9.85. The Morgan fingerprint density at radius 1 is 1.25 bits per heavy atom. The molecule has 0 N–H and O–H groups in total. The number of benzene rings is 1. The zero-order chi connectivity index (χ0) is 14.7. The fourth-order valence-electron chi connectivity index (χ4n) is 1.54. The van der Waals surface area contributed by atoms with E-state index < -0.39 is 4.92 Å². The second-order valence-electron chi connectivity index (χ2n) is 4.06. The molecular formula is C13H10N4O3. The third-order valence-electron chi connectivity index (χ3n) is 2.80. The van der Waals surface area contributed by atoms with E-state index in [1.807, 2.05) is 6.07 Å². The van der Waals surface area contributed by atoms with Crippen molar-refractivity contribution in [1.29, 1.82) is 5.26 Å². The lowest BCUT2D eigenvalue weighted by Gasteiger charge is -2.08. The van der Waals surface area contributed by atoms with E-state index in [1.165, 1.54) is 24.3 Å². The summed E-state index contributed by atoms with van der Waals surface area (Å²) in [6, 6.07) is 7.53. The summed E-state index contributed by atoms with van der Waals surface area (Å²) in [6.45, 7) is 3.50. The number of ether oxygens (including phenoxy) is 1. The molecule has 0 unspecified atom stereocenters. The number of nitrogens with zero attached hydrogens (tertiary/aromatic N) is 4. The Bertz CT molecular complexity index is 705. The molecule has 1 heterocycles. The Kier molecular flexibility index (Phi) is 3.57. The summed E-state index contributed by atoms with van der Waals surface area (Å²) in [5.74, 6) is 0.439. The van der Waals surface area contributed by atoms with Crippen molar-refractivity contribution >= 4 is 5.69 Å². The van der Waals surface area contributed by atoms with Crippen molar-refractivity contribution in [2.45, 2.75) is 13.8 Å². The number of rotatable bonds is 3. The first-order chi connectivity index (χ1) is 9.52. The van der Waals surface area contributed by atoms with Gasteiger partial charge in [0, 0.05) is 12.1 Å². The van der Waals surface area contributed by atoms with Crippen LogP contribution in [0.25, 0.3) is 0 Å². The predicted molar refractivity (Wildman–Crippen MR) is 69.4 cm³/mol. The molecule has 0 atom stereocenters. The van der Waals surface area contributed by atoms with Crippen molar-refractivity contribution in [2.24, 2.45) is 0 Å². The molecule has 0 fully saturated rings. The number of aryl methyl sites for hydroxylation is 1. The monoisotopic (exact) mass is 270 g/mol. The summed E-state index contributed by atoms with van der Waals surface area (Å²) in [6.07, 6.45) is 0. The first-order valence-electron chi connectivity index (χ1n) is 5.69. The number of nitro groups is 1. The van der Waals surface area contributed by atoms with Gasteiger partial charge in [-0.3, -0.25) is 10.1 Å². The SMILES string of the molecule is Cc1nnc(Oc2ccc([N+](=O)[O-])cc2)c(C#N)c1C. The zero-order valence-electron chi connectivity index (χ0n) is 10.8. The smallest absolute Gasteiger partial charge is 0.269 e. The van der Waals surface area contributed by atoms with Gasteiger partial charge in [-0.2, -0.15) is 10.4 Å². The van der Waals surface area contributed by atoms with Crippen LogP contribution < -0.4 is 4.74 Å². The maximum Gasteiger partial charge on any atom is 0.269 e. The molecule has 20 heavy (non-hydrogen) atoms. The highest BCUT2D eigenvalue weighted by Crippen LogP contribution is 2.26. The second-order valence-corrected chi connectivity index (χ2v) is 4.06. The molecule has 2 rings (SSSR count). The minimum atomic E-state index is -0.500. The van der Waals surface area contributed by atoms with Gasteiger partial charge in [-0.15, -0.1) is 5.10 Å². The summed E-state index contributed by atoms with van der Waals surface area (Å²) >= 11 is 0. The van der Waals surface area contributed by atoms with Crippen molar-refractivity contribution in [3.05, 3.63) is 51.2 Å². The van der Waals surface area contributed by atoms with Crippen LogP contribution in [0.3, 0.4) is 0 Å². The minimum Gasteiger partial charge on any atom is -0.437 e. The van der Waals surface area contributed by atoms with Crippen LogP contribution in [0.2, 0.25) is 0 Å². The summed E-state index contributed by atoms with van der Waals surface area (Å²) < 4.78 is 5.45. The maximum atomic E-state index is 10.6. The van der Waals surface area contributed by atoms with Crippen molar-refractivity contribution in [3.63, 3.8) is 0 Å². The Morgan fingerprint density at radius 2 is 1.90 bits per heavy atom. The molecule has 100 valence electrons. The first-order valence-corrected chi connectivity index (χ1v) is 5.69. The van der Waals surface area contributed by atoms with Crippen molar-refractivity contribution in [1.82, 2.24) is 10.2 Å². The van der Waals surface area contributed by atoms with Crippen molar-refractivity contribution in [2.75, 3.05) is 0 Å². The third-order valence-corrected chi connectivity index (χ3v) is 2.80. The Morgan fingerprint density at radius 3 is 2.45 bits per heavy atom. The van der Waals surface area contributed by atoms with Gasteiger partial charge in [0.2, 0.25) is 0 Å². The van der Waals surface area contributed by atoms with Crippen molar-refractivity contribution < 1.29 is 9.66 Å². The van der Waals surface area contributed by atoms with E-state index in [4.69, 9.17) is 10.00 Å². The van der Waals surface area contributed by atoms with Gasteiger partial charge in [-0.1, -0.05) is 0 Å². The van der Waals surface area contributed by atoms with Crippen LogP contribution in [-0.4, -0.2) is 15.1 Å². The molecular weight excluding hydrogens is 260 g/mol. The fraction of sp³-hybridized carbons (Fsp3) is 0.154. The predicted octanol–water partition coefficient (Wildman–Crippen LogP) is 2.67. The van der Waals surface area contributed by atoms with Crippen LogP contribution >= 0.6 is 0 Å². The van der Waals surface area contributed by atoms with Gasteiger partial charge < -0.3 is 4.74 Å². The van der Waals surface area contributed by atoms with E-state index in [1.54, 1.807) is 13.8 Å². The van der Waals surface area contributed by atoms with E-state index in [-0.39, 0.29) is 11.6 Å². The minimum absolute atomic E-state index is 0.0379. The van der Waals surface area contributed by atoms with Gasteiger partial charge in [-0.05, 0) is 31.5 Å². The van der Waals surface area contributed by atoms with E-state index in [9.17, 15) is 10.1 Å². The van der Waals surface area contributed by atoms with Crippen molar-refractivity contribution in [3.8, 4) is 17.7 Å². The topological polar surface area (TPSA) is 102 Å². The molecule has 0 spiro atoms. The maximum absolute atomic E-state index is 10.6. The molecule has 1 aromatic carbocycles. The molecule has 0 aliphatic rings. The molecule has 7 nitrogen and oxygen atoms in total. The first kappa shape index (κ1) is 13.4. The van der Waals surface area contributed by atoms with E-state index in [0.29, 0.717) is 22.6 Å². The summed E-state index contributed by atoms with van der Waals surface area (Å²) in [4.78, 5) is 10.1. The highest BCUT2D eigenvalue weighted by atomic mass is 16.6. The number of aromatic nitrogens is 2. The van der Waals surface area contributed by atoms with Crippen LogP contribution in [0.15, 0.2) is 24.3 Å². The van der Waals surface area contributed by atoms with Gasteiger partial charge in [-0.25, -0.2) is 0 Å². The Labute approximate surface area is 114 Å². The lowest BCUT2D eigenvalue weighted by molar-refractivity contribution is -0.384. The molecule has 0 aliphatic heterocycles. The molecule has 0 saturated heterocycles. The van der Waals surface area contributed by atoms with Crippen LogP contribution in [0.4, 0.5) is 5.69 Å². The molecule has 0 amide bonds. The van der Waals surface area contributed by atoms with E-state index in [0.717, 1.165) is 0 Å². The number of nitro benzene ring substituents is 1. The molecule has 2 aromatic rings. The van der Waals surface area contributed by atoms with Crippen LogP contribution in [0.5, 0.6) is 11.6 Å². The number of hydrogen-bond donors (Lipinski definition) is 0. The summed E-state index contributed by atoms with van der Waals surface area (Å²) in [5.41, 5.74) is 1.61. The average molecular weight is 270 g/mol. The Hall–Kier alpha value is -3.01. The number of nitriles is 1. The second kappa shape index (κ2) is 5.32. The average Bonchev–Trinajstić information content (AvgIpc) is 2.44. The number of non-ortho nitro benzene ring substituents is 1. The lowest BCUT2D eigenvalue weighted by atomic mass is 10.1. The largest absolute Gasteiger partial charge is 0.437 e. The van der Waals surface area contributed by atoms with E-state index >= 15 is 0 Å². The van der Waals surface area contributed by atoms with Gasteiger partial charge in [0.25, 0.3) is 11.6 Å². The van der Waals surface area contributed by atoms with E-state index in [2.05, 4.69) is 10.2 Å². The highest BCUT2D eigenvalue weighted by Gasteiger charge is 2.13. The molecule has 0 saturated carbocycles. The molecule has 0 radical (unpaired) electrons. The Balaban J connectivity index is 2.33. The summed E-state index contributed by atoms with van der Waals surface area (Å²) in [7, 11) is 0. The third kappa shape index (κ3) is 2.54. The molecule has 0 bridgehead atoms. The number of hydrogen-bond acceptors (Lipinski definition) is 6. The lowest BCUT2D eigenvalue weighted by Crippen LogP contribution is -2.00. The molecule has 1 aromatic heterocycles. The van der Waals surface area contributed by atoms with Gasteiger partial charge in [0.1, 0.15) is 17.4 Å².